The Morgan fingerprint density at radius 3 is 2.70 bits per heavy atom. The molecule has 2 heterocycles. The number of likely N-dealkylation sites (tertiary alicyclic amines) is 1. The molecule has 1 amide bonds. The van der Waals surface area contributed by atoms with E-state index < -0.39 is 33.5 Å². The number of sulfonamides is 1. The number of rotatable bonds is 7. The molecule has 216 valence electrons. The van der Waals surface area contributed by atoms with Gasteiger partial charge in [0, 0.05) is 18.0 Å². The van der Waals surface area contributed by atoms with Crippen molar-refractivity contribution in [3.63, 3.8) is 0 Å². The van der Waals surface area contributed by atoms with Crippen LogP contribution in [0.2, 0.25) is 0 Å². The van der Waals surface area contributed by atoms with Crippen molar-refractivity contribution in [1.82, 2.24) is 4.90 Å². The lowest BCUT2D eigenvalue weighted by atomic mass is 10.0. The van der Waals surface area contributed by atoms with Gasteiger partial charge < -0.3 is 23.8 Å². The predicted octanol–water partition coefficient (Wildman–Crippen LogP) is 4.44. The smallest absolute Gasteiger partial charge is 0.410 e. The molecule has 3 aliphatic rings. The Kier molecular flexibility index (Phi) is 7.43. The standard InChI is InChI=1S/C28H33FN2O8S/c1-28(2,3)39-27(33)31-10-9-19(13-31)37-15-17-11-18(29)5-8-23(17)40(34,35)30-22-7-6-20-21-12-16(21)14-38-25(20)24(22)26(32)36-4/h5-8,11,16,19,21,30H,9-10,12-15H2,1-4H3/t16-,19+,21-/m0/s1. The fourth-order valence-electron chi connectivity index (χ4n) is 5.13. The zero-order valence-electron chi connectivity index (χ0n) is 22.9. The number of carbonyl (C=O) groups is 2. The Bertz CT molecular complexity index is 1440. The SMILES string of the molecule is COC(=O)c1c(NS(=O)(=O)c2ccc(F)cc2CO[C@@H]2CCN(C(=O)OC(C)(C)C)C2)ccc2c1OC[C@@H]1C[C@H]21. The number of esters is 1. The minimum Gasteiger partial charge on any atom is -0.492 e. The number of amides is 1. The third-order valence-corrected chi connectivity index (χ3v) is 8.64. The van der Waals surface area contributed by atoms with Crippen LogP contribution in [0.5, 0.6) is 5.75 Å². The molecule has 0 aromatic heterocycles. The first-order valence-corrected chi connectivity index (χ1v) is 14.6. The first kappa shape index (κ1) is 28.2. The number of anilines is 1. The van der Waals surface area contributed by atoms with E-state index in [2.05, 4.69) is 4.72 Å². The van der Waals surface area contributed by atoms with E-state index in [4.69, 9.17) is 18.9 Å². The summed E-state index contributed by atoms with van der Waals surface area (Å²) in [5, 5.41) is 0. The van der Waals surface area contributed by atoms with E-state index in [0.717, 1.165) is 30.2 Å². The highest BCUT2D eigenvalue weighted by Crippen LogP contribution is 2.55. The first-order chi connectivity index (χ1) is 18.9. The van der Waals surface area contributed by atoms with Crippen LogP contribution < -0.4 is 9.46 Å². The largest absolute Gasteiger partial charge is 0.492 e. The molecule has 0 unspecified atom stereocenters. The van der Waals surface area contributed by atoms with Crippen molar-refractivity contribution in [2.24, 2.45) is 5.92 Å². The highest BCUT2D eigenvalue weighted by atomic mass is 32.2. The molecule has 1 saturated heterocycles. The molecule has 5 rings (SSSR count). The molecule has 12 heteroatoms. The van der Waals surface area contributed by atoms with E-state index in [9.17, 15) is 22.4 Å². The van der Waals surface area contributed by atoms with Crippen LogP contribution in [0.15, 0.2) is 35.2 Å². The van der Waals surface area contributed by atoms with Crippen molar-refractivity contribution in [2.75, 3.05) is 31.5 Å². The lowest BCUT2D eigenvalue weighted by Crippen LogP contribution is -2.36. The molecule has 0 bridgehead atoms. The molecule has 1 aliphatic carbocycles. The van der Waals surface area contributed by atoms with Gasteiger partial charge >= 0.3 is 12.1 Å². The monoisotopic (exact) mass is 576 g/mol. The van der Waals surface area contributed by atoms with Crippen LogP contribution in [0.1, 0.15) is 61.0 Å². The maximum Gasteiger partial charge on any atom is 0.410 e. The van der Waals surface area contributed by atoms with Crippen LogP contribution in [0.4, 0.5) is 14.9 Å². The molecule has 0 spiro atoms. The molecule has 2 fully saturated rings. The van der Waals surface area contributed by atoms with Gasteiger partial charge in [0.2, 0.25) is 0 Å². The molecular formula is C28H33FN2O8S. The average Bonchev–Trinajstić information content (AvgIpc) is 3.53. The van der Waals surface area contributed by atoms with E-state index in [1.165, 1.54) is 18.1 Å². The Morgan fingerprint density at radius 1 is 1.20 bits per heavy atom. The lowest BCUT2D eigenvalue weighted by molar-refractivity contribution is 0.0181. The van der Waals surface area contributed by atoms with Gasteiger partial charge in [-0.2, -0.15) is 0 Å². The van der Waals surface area contributed by atoms with Crippen LogP contribution in [0, 0.1) is 11.7 Å². The Labute approximate surface area is 232 Å². The zero-order valence-corrected chi connectivity index (χ0v) is 23.7. The zero-order chi connectivity index (χ0) is 28.8. The van der Waals surface area contributed by atoms with Crippen LogP contribution in [-0.4, -0.2) is 63.9 Å². The Hall–Kier alpha value is -3.38. The topological polar surface area (TPSA) is 120 Å². The number of nitrogens with one attached hydrogen (secondary N) is 1. The van der Waals surface area contributed by atoms with Gasteiger partial charge in [-0.15, -0.1) is 0 Å². The Balaban J connectivity index is 1.34. The van der Waals surface area contributed by atoms with Crippen molar-refractivity contribution in [1.29, 1.82) is 0 Å². The molecule has 2 aromatic carbocycles. The summed E-state index contributed by atoms with van der Waals surface area (Å²) in [6.07, 6.45) is 0.640. The summed E-state index contributed by atoms with van der Waals surface area (Å²) in [5.41, 5.74) is 0.323. The van der Waals surface area contributed by atoms with Crippen molar-refractivity contribution in [2.45, 2.75) is 62.7 Å². The molecule has 10 nitrogen and oxygen atoms in total. The third kappa shape index (κ3) is 5.87. The molecule has 2 aliphatic heterocycles. The average molecular weight is 577 g/mol. The van der Waals surface area contributed by atoms with Crippen molar-refractivity contribution in [3.8, 4) is 5.75 Å². The molecule has 1 saturated carbocycles. The third-order valence-electron chi connectivity index (χ3n) is 7.17. The second-order valence-electron chi connectivity index (χ2n) is 11.3. The number of carbonyl (C=O) groups excluding carboxylic acids is 2. The van der Waals surface area contributed by atoms with E-state index in [0.29, 0.717) is 31.2 Å². The van der Waals surface area contributed by atoms with Gasteiger partial charge in [-0.3, -0.25) is 4.72 Å². The van der Waals surface area contributed by atoms with Gasteiger partial charge in [0.1, 0.15) is 22.7 Å². The summed E-state index contributed by atoms with van der Waals surface area (Å²) >= 11 is 0. The first-order valence-electron chi connectivity index (χ1n) is 13.1. The molecule has 40 heavy (non-hydrogen) atoms. The molecule has 0 radical (unpaired) electrons. The fraction of sp³-hybridized carbons (Fsp3) is 0.500. The van der Waals surface area contributed by atoms with Crippen LogP contribution in [-0.2, 0) is 30.8 Å². The second kappa shape index (κ2) is 10.5. The summed E-state index contributed by atoms with van der Waals surface area (Å²) < 4.78 is 65.9. The number of halogens is 1. The van der Waals surface area contributed by atoms with Gasteiger partial charge in [0.15, 0.2) is 0 Å². The van der Waals surface area contributed by atoms with E-state index >= 15 is 0 Å². The number of fused-ring (bicyclic) bond motifs is 3. The van der Waals surface area contributed by atoms with Gasteiger partial charge in [0.25, 0.3) is 10.0 Å². The predicted molar refractivity (Wildman–Crippen MR) is 142 cm³/mol. The van der Waals surface area contributed by atoms with Crippen molar-refractivity contribution < 1.29 is 41.3 Å². The highest BCUT2D eigenvalue weighted by molar-refractivity contribution is 7.92. The summed E-state index contributed by atoms with van der Waals surface area (Å²) in [4.78, 5) is 26.4. The van der Waals surface area contributed by atoms with Crippen LogP contribution in [0.25, 0.3) is 0 Å². The van der Waals surface area contributed by atoms with Crippen molar-refractivity contribution >= 4 is 27.8 Å². The Morgan fingerprint density at radius 2 is 1.98 bits per heavy atom. The summed E-state index contributed by atoms with van der Waals surface area (Å²) in [6, 6.07) is 6.58. The van der Waals surface area contributed by atoms with Crippen LogP contribution in [0.3, 0.4) is 0 Å². The van der Waals surface area contributed by atoms with Gasteiger partial charge in [-0.1, -0.05) is 6.07 Å². The minimum absolute atomic E-state index is 0.00188. The van der Waals surface area contributed by atoms with Gasteiger partial charge in [-0.25, -0.2) is 22.4 Å². The van der Waals surface area contributed by atoms with Crippen molar-refractivity contribution in [3.05, 3.63) is 52.8 Å². The molecule has 3 atom stereocenters. The van der Waals surface area contributed by atoms with E-state index in [1.807, 2.05) is 0 Å². The normalized spacial score (nSPS) is 21.6. The second-order valence-corrected chi connectivity index (χ2v) is 13.0. The van der Waals surface area contributed by atoms with E-state index in [-0.39, 0.29) is 46.9 Å². The number of hydrogen-bond donors (Lipinski definition) is 1. The van der Waals surface area contributed by atoms with Gasteiger partial charge in [0.05, 0.1) is 43.6 Å². The molecule has 2 aromatic rings. The summed E-state index contributed by atoms with van der Waals surface area (Å²) in [7, 11) is -3.08. The number of hydrogen-bond acceptors (Lipinski definition) is 8. The lowest BCUT2D eigenvalue weighted by Gasteiger charge is -2.24. The maximum atomic E-state index is 14.2. The number of methoxy groups -OCH3 is 1. The number of benzene rings is 2. The fourth-order valence-corrected chi connectivity index (χ4v) is 6.41. The maximum absolute atomic E-state index is 14.2. The molecular weight excluding hydrogens is 543 g/mol. The van der Waals surface area contributed by atoms with Crippen LogP contribution >= 0.6 is 0 Å². The highest BCUT2D eigenvalue weighted by Gasteiger charge is 2.45. The van der Waals surface area contributed by atoms with Gasteiger partial charge in [-0.05, 0) is 69.4 Å². The summed E-state index contributed by atoms with van der Waals surface area (Å²) in [5.74, 6) is -0.356. The minimum atomic E-state index is -4.29. The quantitative estimate of drug-likeness (QED) is 0.481. The number of ether oxygens (including phenoxy) is 4. The number of nitrogens with zero attached hydrogens (tertiary/aromatic N) is 1. The van der Waals surface area contributed by atoms with E-state index in [1.54, 1.807) is 26.8 Å². The molecule has 1 N–H and O–H groups in total. The summed E-state index contributed by atoms with van der Waals surface area (Å²) in [6.45, 7) is 6.27.